The molecule has 0 unspecified atom stereocenters. The zero-order valence-electron chi connectivity index (χ0n) is 16.5. The second-order valence-corrected chi connectivity index (χ2v) is 7.36. The lowest BCUT2D eigenvalue weighted by Crippen LogP contribution is -2.48. The van der Waals surface area contributed by atoms with Crippen LogP contribution in [0.15, 0.2) is 54.6 Å². The molecule has 0 bridgehead atoms. The second-order valence-electron chi connectivity index (χ2n) is 7.36. The third-order valence-electron chi connectivity index (χ3n) is 5.34. The molecule has 29 heavy (non-hydrogen) atoms. The minimum absolute atomic E-state index is 0.0664. The topological polar surface area (TPSA) is 54.3 Å². The zero-order valence-corrected chi connectivity index (χ0v) is 16.5. The van der Waals surface area contributed by atoms with Crippen LogP contribution in [0.1, 0.15) is 27.3 Å². The van der Waals surface area contributed by atoms with Gasteiger partial charge in [0, 0.05) is 32.7 Å². The minimum atomic E-state index is -0.222. The van der Waals surface area contributed by atoms with E-state index in [1.807, 2.05) is 42.2 Å². The molecule has 1 saturated heterocycles. The van der Waals surface area contributed by atoms with Gasteiger partial charge in [-0.15, -0.1) is 5.10 Å². The van der Waals surface area contributed by atoms with Crippen LogP contribution in [0.5, 0.6) is 0 Å². The van der Waals surface area contributed by atoms with Crippen molar-refractivity contribution in [3.8, 4) is 0 Å². The molecule has 0 atom stereocenters. The molecular formula is C22H24FN5O. The smallest absolute Gasteiger partial charge is 0.276 e. The number of carbonyl (C=O) groups is 1. The average molecular weight is 393 g/mol. The van der Waals surface area contributed by atoms with Crippen molar-refractivity contribution in [2.75, 3.05) is 26.2 Å². The maximum Gasteiger partial charge on any atom is 0.276 e. The summed E-state index contributed by atoms with van der Waals surface area (Å²) in [5, 5.41) is 8.34. The van der Waals surface area contributed by atoms with Gasteiger partial charge in [0.25, 0.3) is 5.91 Å². The number of benzene rings is 2. The molecule has 0 spiro atoms. The molecule has 1 aromatic heterocycles. The molecule has 4 rings (SSSR count). The maximum absolute atomic E-state index is 13.1. The lowest BCUT2D eigenvalue weighted by molar-refractivity contribution is 0.0622. The summed E-state index contributed by atoms with van der Waals surface area (Å²) in [6.45, 7) is 6.09. The minimum Gasteiger partial charge on any atom is -0.335 e. The van der Waals surface area contributed by atoms with Gasteiger partial charge < -0.3 is 4.90 Å². The van der Waals surface area contributed by atoms with Crippen LogP contribution in [0.4, 0.5) is 4.39 Å². The first-order valence-corrected chi connectivity index (χ1v) is 9.80. The first-order chi connectivity index (χ1) is 14.1. The van der Waals surface area contributed by atoms with Crippen molar-refractivity contribution in [1.82, 2.24) is 24.8 Å². The summed E-state index contributed by atoms with van der Waals surface area (Å²) in [7, 11) is 0. The van der Waals surface area contributed by atoms with Gasteiger partial charge in [0.1, 0.15) is 5.82 Å². The number of hydrogen-bond acceptors (Lipinski definition) is 4. The highest BCUT2D eigenvalue weighted by molar-refractivity contribution is 5.93. The number of hydrogen-bond donors (Lipinski definition) is 0. The fourth-order valence-electron chi connectivity index (χ4n) is 3.57. The molecular weight excluding hydrogens is 369 g/mol. The van der Waals surface area contributed by atoms with E-state index in [9.17, 15) is 9.18 Å². The van der Waals surface area contributed by atoms with E-state index in [4.69, 9.17) is 0 Å². The number of carbonyl (C=O) groups excluding carboxylic acids is 1. The molecule has 2 aromatic carbocycles. The number of rotatable bonds is 5. The van der Waals surface area contributed by atoms with E-state index in [-0.39, 0.29) is 11.7 Å². The number of nitrogens with zero attached hydrogens (tertiary/aromatic N) is 5. The van der Waals surface area contributed by atoms with Gasteiger partial charge in [0.05, 0.1) is 12.2 Å². The van der Waals surface area contributed by atoms with E-state index >= 15 is 0 Å². The number of aromatic nitrogens is 3. The van der Waals surface area contributed by atoms with Gasteiger partial charge in [-0.1, -0.05) is 47.7 Å². The van der Waals surface area contributed by atoms with Crippen molar-refractivity contribution in [2.45, 2.75) is 20.0 Å². The monoisotopic (exact) mass is 393 g/mol. The van der Waals surface area contributed by atoms with Crippen LogP contribution in [0.3, 0.4) is 0 Å². The Morgan fingerprint density at radius 2 is 1.59 bits per heavy atom. The van der Waals surface area contributed by atoms with E-state index in [1.165, 1.54) is 12.1 Å². The molecule has 3 aromatic rings. The van der Waals surface area contributed by atoms with Gasteiger partial charge in [0.15, 0.2) is 5.69 Å². The van der Waals surface area contributed by atoms with Crippen LogP contribution in [-0.4, -0.2) is 56.9 Å². The Hall–Kier alpha value is -3.06. The maximum atomic E-state index is 13.1. The van der Waals surface area contributed by atoms with Crippen LogP contribution in [0, 0.1) is 12.7 Å². The lowest BCUT2D eigenvalue weighted by Gasteiger charge is -2.34. The lowest BCUT2D eigenvalue weighted by atomic mass is 10.2. The van der Waals surface area contributed by atoms with Gasteiger partial charge in [-0.25, -0.2) is 9.07 Å². The summed E-state index contributed by atoms with van der Waals surface area (Å²) >= 11 is 0. The van der Waals surface area contributed by atoms with Crippen LogP contribution < -0.4 is 0 Å². The second kappa shape index (κ2) is 8.53. The molecule has 6 nitrogen and oxygen atoms in total. The Labute approximate surface area is 169 Å². The van der Waals surface area contributed by atoms with Gasteiger partial charge in [0.2, 0.25) is 0 Å². The molecule has 1 amide bonds. The summed E-state index contributed by atoms with van der Waals surface area (Å²) in [5.74, 6) is -0.289. The van der Waals surface area contributed by atoms with Crippen molar-refractivity contribution in [3.05, 3.63) is 82.9 Å². The first kappa shape index (κ1) is 19.3. The number of amides is 1. The molecule has 7 heteroatoms. The Morgan fingerprint density at radius 1 is 0.931 bits per heavy atom. The van der Waals surface area contributed by atoms with Gasteiger partial charge in [-0.2, -0.15) is 0 Å². The predicted octanol–water partition coefficient (Wildman–Crippen LogP) is 2.73. The third kappa shape index (κ3) is 4.51. The van der Waals surface area contributed by atoms with Crippen LogP contribution in [0.2, 0.25) is 0 Å². The van der Waals surface area contributed by atoms with Crippen molar-refractivity contribution < 1.29 is 9.18 Å². The predicted molar refractivity (Wildman–Crippen MR) is 108 cm³/mol. The number of halogens is 1. The summed E-state index contributed by atoms with van der Waals surface area (Å²) in [6.07, 6.45) is 0. The summed E-state index contributed by atoms with van der Waals surface area (Å²) in [4.78, 5) is 17.1. The Bertz CT molecular complexity index is 963. The highest BCUT2D eigenvalue weighted by Crippen LogP contribution is 2.14. The van der Waals surface area contributed by atoms with E-state index in [0.717, 1.165) is 36.5 Å². The number of piperazine rings is 1. The highest BCUT2D eigenvalue weighted by Gasteiger charge is 2.26. The van der Waals surface area contributed by atoms with Crippen molar-refractivity contribution in [3.63, 3.8) is 0 Å². The summed E-state index contributed by atoms with van der Waals surface area (Å²) in [5.41, 5.74) is 3.40. The molecule has 2 heterocycles. The Balaban J connectivity index is 1.35. The molecule has 1 aliphatic rings. The van der Waals surface area contributed by atoms with Crippen molar-refractivity contribution in [2.24, 2.45) is 0 Å². The van der Waals surface area contributed by atoms with Crippen LogP contribution >= 0.6 is 0 Å². The van der Waals surface area contributed by atoms with Gasteiger partial charge >= 0.3 is 0 Å². The third-order valence-corrected chi connectivity index (χ3v) is 5.34. The van der Waals surface area contributed by atoms with E-state index in [2.05, 4.69) is 15.2 Å². The van der Waals surface area contributed by atoms with Crippen molar-refractivity contribution >= 4 is 5.91 Å². The molecule has 1 fully saturated rings. The quantitative estimate of drug-likeness (QED) is 0.669. The molecule has 0 saturated carbocycles. The van der Waals surface area contributed by atoms with Crippen molar-refractivity contribution in [1.29, 1.82) is 0 Å². The first-order valence-electron chi connectivity index (χ1n) is 9.80. The molecule has 0 N–H and O–H groups in total. The van der Waals surface area contributed by atoms with Crippen LogP contribution in [-0.2, 0) is 13.1 Å². The molecule has 0 aliphatic carbocycles. The fraction of sp³-hybridized carbons (Fsp3) is 0.318. The zero-order chi connectivity index (χ0) is 20.2. The Morgan fingerprint density at radius 3 is 2.28 bits per heavy atom. The fourth-order valence-corrected chi connectivity index (χ4v) is 3.57. The van der Waals surface area contributed by atoms with Crippen LogP contribution in [0.25, 0.3) is 0 Å². The molecule has 0 radical (unpaired) electrons. The van der Waals surface area contributed by atoms with Gasteiger partial charge in [-0.3, -0.25) is 9.69 Å². The normalized spacial score (nSPS) is 14.9. The largest absolute Gasteiger partial charge is 0.335 e. The van der Waals surface area contributed by atoms with E-state index < -0.39 is 0 Å². The molecule has 150 valence electrons. The van der Waals surface area contributed by atoms with Gasteiger partial charge in [-0.05, 0) is 30.2 Å². The highest BCUT2D eigenvalue weighted by atomic mass is 19.1. The average Bonchev–Trinajstić information content (AvgIpc) is 3.11. The summed E-state index contributed by atoms with van der Waals surface area (Å²) < 4.78 is 14.8. The van der Waals surface area contributed by atoms with E-state index in [1.54, 1.807) is 16.8 Å². The Kier molecular flexibility index (Phi) is 5.67. The summed E-state index contributed by atoms with van der Waals surface area (Å²) in [6, 6.07) is 16.6. The standard InChI is InChI=1S/C22H24FN5O/c1-17-21(24-25-28(17)16-18-5-3-2-4-6-18)22(29)27-13-11-26(12-14-27)15-19-7-9-20(23)10-8-19/h2-10H,11-16H2,1H3. The molecule has 1 aliphatic heterocycles. The SMILES string of the molecule is Cc1c(C(=O)N2CCN(Cc3ccc(F)cc3)CC2)nnn1Cc1ccccc1. The van der Waals surface area contributed by atoms with E-state index in [0.29, 0.717) is 25.3 Å².